The molecule has 0 aromatic carbocycles. The molecule has 0 saturated heterocycles. The fraction of sp³-hybridized carbons (Fsp3) is 0.429. The third kappa shape index (κ3) is 3.02. The van der Waals surface area contributed by atoms with Crippen LogP contribution in [-0.2, 0) is 4.79 Å². The number of carboxylic acids is 1. The number of aliphatic hydroxyl groups excluding tert-OH is 1. The van der Waals surface area contributed by atoms with Gasteiger partial charge in [0.1, 0.15) is 0 Å². The van der Waals surface area contributed by atoms with Gasteiger partial charge in [-0.05, 0) is 0 Å². The minimum atomic E-state index is -1.65. The average molecular weight is 215 g/mol. The Morgan fingerprint density at radius 2 is 2.27 bits per heavy atom. The zero-order valence-corrected chi connectivity index (χ0v) is 7.80. The predicted octanol–water partition coefficient (Wildman–Crippen LogP) is -1.45. The van der Waals surface area contributed by atoms with Gasteiger partial charge in [0, 0.05) is 6.92 Å². The lowest BCUT2D eigenvalue weighted by atomic mass is 10.3. The van der Waals surface area contributed by atoms with E-state index < -0.39 is 24.5 Å². The van der Waals surface area contributed by atoms with Gasteiger partial charge in [0.15, 0.2) is 6.10 Å². The van der Waals surface area contributed by atoms with Crippen molar-refractivity contribution in [3.05, 3.63) is 11.7 Å². The second-order valence-electron chi connectivity index (χ2n) is 2.70. The number of amides is 1. The number of aromatic nitrogens is 2. The summed E-state index contributed by atoms with van der Waals surface area (Å²) in [5.74, 6) is -2.10. The third-order valence-corrected chi connectivity index (χ3v) is 1.47. The van der Waals surface area contributed by atoms with E-state index in [0.717, 1.165) is 0 Å². The number of hydrogen-bond acceptors (Lipinski definition) is 6. The standard InChI is InChI=1S/C7H9N3O5/c1-3-9-5(10-15-3)6(12)8-2-4(11)7(13)14/h4,11H,2H2,1H3,(H,8,12)(H,13,14). The molecule has 1 aromatic heterocycles. The highest BCUT2D eigenvalue weighted by molar-refractivity contribution is 5.90. The topological polar surface area (TPSA) is 126 Å². The van der Waals surface area contributed by atoms with Crippen LogP contribution in [0.15, 0.2) is 4.52 Å². The van der Waals surface area contributed by atoms with Gasteiger partial charge in [0.2, 0.25) is 5.89 Å². The molecule has 0 saturated carbocycles. The van der Waals surface area contributed by atoms with E-state index in [0.29, 0.717) is 0 Å². The van der Waals surface area contributed by atoms with Gasteiger partial charge in [-0.3, -0.25) is 4.79 Å². The number of carbonyl (C=O) groups is 2. The highest BCUT2D eigenvalue weighted by Crippen LogP contribution is 1.94. The summed E-state index contributed by atoms with van der Waals surface area (Å²) in [4.78, 5) is 25.0. The molecule has 1 atom stereocenters. The molecule has 1 rings (SSSR count). The number of nitrogens with one attached hydrogen (secondary N) is 1. The van der Waals surface area contributed by atoms with Gasteiger partial charge in [-0.25, -0.2) is 4.79 Å². The van der Waals surface area contributed by atoms with Crippen molar-refractivity contribution >= 4 is 11.9 Å². The van der Waals surface area contributed by atoms with Crippen LogP contribution in [0.3, 0.4) is 0 Å². The molecule has 0 aliphatic rings. The molecule has 3 N–H and O–H groups in total. The number of hydrogen-bond donors (Lipinski definition) is 3. The Bertz CT molecular complexity index is 374. The largest absolute Gasteiger partial charge is 0.479 e. The van der Waals surface area contributed by atoms with Gasteiger partial charge < -0.3 is 20.1 Å². The normalized spacial score (nSPS) is 12.1. The first kappa shape index (κ1) is 11.1. The number of nitrogens with zero attached hydrogens (tertiary/aromatic N) is 2. The number of carbonyl (C=O) groups excluding carboxylic acids is 1. The van der Waals surface area contributed by atoms with Crippen molar-refractivity contribution < 1.29 is 24.3 Å². The van der Waals surface area contributed by atoms with Crippen LogP contribution in [0.2, 0.25) is 0 Å². The Hall–Kier alpha value is -1.96. The lowest BCUT2D eigenvalue weighted by Gasteiger charge is -2.04. The minimum Gasteiger partial charge on any atom is -0.479 e. The summed E-state index contributed by atoms with van der Waals surface area (Å²) in [6.45, 7) is 1.09. The van der Waals surface area contributed by atoms with Crippen LogP contribution in [-0.4, -0.2) is 44.9 Å². The van der Waals surface area contributed by atoms with Crippen LogP contribution in [0.5, 0.6) is 0 Å². The first-order chi connectivity index (χ1) is 7.00. The molecule has 8 heteroatoms. The van der Waals surface area contributed by atoms with Crippen molar-refractivity contribution in [2.24, 2.45) is 0 Å². The third-order valence-electron chi connectivity index (χ3n) is 1.47. The second-order valence-corrected chi connectivity index (χ2v) is 2.70. The van der Waals surface area contributed by atoms with E-state index in [4.69, 9.17) is 10.2 Å². The summed E-state index contributed by atoms with van der Waals surface area (Å²) in [5.41, 5.74) is 0. The molecule has 0 fully saturated rings. The van der Waals surface area contributed by atoms with Crippen molar-refractivity contribution in [1.29, 1.82) is 0 Å². The molecule has 1 unspecified atom stereocenters. The lowest BCUT2D eigenvalue weighted by molar-refractivity contribution is -0.146. The molecular weight excluding hydrogens is 206 g/mol. The Morgan fingerprint density at radius 1 is 1.60 bits per heavy atom. The fourth-order valence-corrected chi connectivity index (χ4v) is 0.747. The minimum absolute atomic E-state index is 0.204. The SMILES string of the molecule is Cc1nc(C(=O)NCC(O)C(=O)O)no1. The van der Waals surface area contributed by atoms with Gasteiger partial charge in [0.05, 0.1) is 6.54 Å². The quantitative estimate of drug-likeness (QED) is 0.561. The summed E-state index contributed by atoms with van der Waals surface area (Å²) in [5, 5.41) is 22.6. The maximum atomic E-state index is 11.2. The van der Waals surface area contributed by atoms with Crippen LogP contribution in [0.1, 0.15) is 16.5 Å². The maximum Gasteiger partial charge on any atom is 0.334 e. The van der Waals surface area contributed by atoms with E-state index >= 15 is 0 Å². The van der Waals surface area contributed by atoms with Crippen molar-refractivity contribution in [2.45, 2.75) is 13.0 Å². The Balaban J connectivity index is 2.47. The monoisotopic (exact) mass is 215 g/mol. The first-order valence-electron chi connectivity index (χ1n) is 4.00. The van der Waals surface area contributed by atoms with Gasteiger partial charge >= 0.3 is 5.97 Å². The van der Waals surface area contributed by atoms with Crippen LogP contribution in [0.4, 0.5) is 0 Å². The first-order valence-corrected chi connectivity index (χ1v) is 4.00. The molecule has 1 amide bonds. The molecule has 0 bridgehead atoms. The molecule has 82 valence electrons. The Morgan fingerprint density at radius 3 is 2.73 bits per heavy atom. The molecule has 1 heterocycles. The highest BCUT2D eigenvalue weighted by Gasteiger charge is 2.17. The lowest BCUT2D eigenvalue weighted by Crippen LogP contribution is -2.36. The second kappa shape index (κ2) is 4.51. The fourth-order valence-electron chi connectivity index (χ4n) is 0.747. The van der Waals surface area contributed by atoms with Crippen molar-refractivity contribution in [3.63, 3.8) is 0 Å². The van der Waals surface area contributed by atoms with Crippen molar-refractivity contribution in [3.8, 4) is 0 Å². The Labute approximate surface area is 83.9 Å². The number of aryl methyl sites for hydroxylation is 1. The zero-order valence-electron chi connectivity index (χ0n) is 7.80. The van der Waals surface area contributed by atoms with Crippen LogP contribution in [0, 0.1) is 6.92 Å². The van der Waals surface area contributed by atoms with Crippen molar-refractivity contribution in [2.75, 3.05) is 6.54 Å². The van der Waals surface area contributed by atoms with E-state index in [2.05, 4.69) is 20.0 Å². The van der Waals surface area contributed by atoms with Crippen molar-refractivity contribution in [1.82, 2.24) is 15.5 Å². The van der Waals surface area contributed by atoms with E-state index in [9.17, 15) is 9.59 Å². The van der Waals surface area contributed by atoms with Gasteiger partial charge in [-0.15, -0.1) is 0 Å². The van der Waals surface area contributed by atoms with E-state index in [1.54, 1.807) is 0 Å². The molecule has 0 aliphatic heterocycles. The molecule has 0 spiro atoms. The number of aliphatic hydroxyl groups is 1. The van der Waals surface area contributed by atoms with E-state index in [1.807, 2.05) is 0 Å². The molecule has 8 nitrogen and oxygen atoms in total. The van der Waals surface area contributed by atoms with E-state index in [1.165, 1.54) is 6.92 Å². The van der Waals surface area contributed by atoms with Gasteiger partial charge in [-0.1, -0.05) is 5.16 Å². The Kier molecular flexibility index (Phi) is 3.34. The smallest absolute Gasteiger partial charge is 0.334 e. The summed E-state index contributed by atoms with van der Waals surface area (Å²) >= 11 is 0. The molecule has 0 aliphatic carbocycles. The van der Waals surface area contributed by atoms with Gasteiger partial charge in [-0.2, -0.15) is 4.98 Å². The summed E-state index contributed by atoms with van der Waals surface area (Å²) < 4.78 is 4.54. The zero-order chi connectivity index (χ0) is 11.4. The van der Waals surface area contributed by atoms with Gasteiger partial charge in [0.25, 0.3) is 11.7 Å². The number of carboxylic acid groups (broad SMARTS) is 1. The maximum absolute atomic E-state index is 11.2. The average Bonchev–Trinajstić information content (AvgIpc) is 2.60. The number of aliphatic carboxylic acids is 1. The summed E-state index contributed by atoms with van der Waals surface area (Å²) in [6, 6.07) is 0. The predicted molar refractivity (Wildman–Crippen MR) is 45.0 cm³/mol. The molecular formula is C7H9N3O5. The van der Waals surface area contributed by atoms with Crippen LogP contribution < -0.4 is 5.32 Å². The van der Waals surface area contributed by atoms with E-state index in [-0.39, 0.29) is 11.7 Å². The molecule has 1 aromatic rings. The van der Waals surface area contributed by atoms with Crippen LogP contribution >= 0.6 is 0 Å². The highest BCUT2D eigenvalue weighted by atomic mass is 16.5. The summed E-state index contributed by atoms with van der Waals surface area (Å²) in [6.07, 6.45) is -1.65. The summed E-state index contributed by atoms with van der Waals surface area (Å²) in [7, 11) is 0. The molecule has 0 radical (unpaired) electrons. The molecule has 15 heavy (non-hydrogen) atoms. The number of rotatable bonds is 4. The van der Waals surface area contributed by atoms with Crippen LogP contribution in [0.25, 0.3) is 0 Å².